The molecule has 0 atom stereocenters. The molecule has 0 unspecified atom stereocenters. The number of amides is 1. The van der Waals surface area contributed by atoms with E-state index < -0.39 is 0 Å². The SMILES string of the molecule is C=CCN(Cc1cccs1)C(=O)Cn1c2ccccc2c(=O)c2ccccc21. The van der Waals surface area contributed by atoms with Crippen LogP contribution in [-0.2, 0) is 17.9 Å². The largest absolute Gasteiger partial charge is 0.332 e. The van der Waals surface area contributed by atoms with Crippen LogP contribution < -0.4 is 5.43 Å². The molecule has 4 rings (SSSR count). The van der Waals surface area contributed by atoms with Gasteiger partial charge in [-0.1, -0.05) is 36.4 Å². The number of carbonyl (C=O) groups is 1. The zero-order chi connectivity index (χ0) is 19.5. The number of nitrogens with zero attached hydrogens (tertiary/aromatic N) is 2. The Morgan fingerprint density at radius 3 is 2.21 bits per heavy atom. The fraction of sp³-hybridized carbons (Fsp3) is 0.130. The van der Waals surface area contributed by atoms with Crippen LogP contribution in [0.4, 0.5) is 0 Å². The van der Waals surface area contributed by atoms with Crippen LogP contribution in [0.25, 0.3) is 21.8 Å². The van der Waals surface area contributed by atoms with Crippen LogP contribution in [0.1, 0.15) is 4.88 Å². The van der Waals surface area contributed by atoms with Crippen LogP contribution in [0.3, 0.4) is 0 Å². The Kier molecular flexibility index (Phi) is 5.08. The zero-order valence-electron chi connectivity index (χ0n) is 15.4. The molecule has 5 heteroatoms. The van der Waals surface area contributed by atoms with Crippen LogP contribution in [0, 0.1) is 0 Å². The van der Waals surface area contributed by atoms with Crippen molar-refractivity contribution in [2.75, 3.05) is 6.54 Å². The molecule has 4 aromatic rings. The molecule has 0 bridgehead atoms. The molecule has 140 valence electrons. The number of carbonyl (C=O) groups excluding carboxylic acids is 1. The van der Waals surface area contributed by atoms with Crippen molar-refractivity contribution in [3.05, 3.63) is 93.8 Å². The molecule has 4 nitrogen and oxygen atoms in total. The number of pyridine rings is 1. The maximum Gasteiger partial charge on any atom is 0.243 e. The van der Waals surface area contributed by atoms with E-state index in [-0.39, 0.29) is 17.9 Å². The van der Waals surface area contributed by atoms with Crippen LogP contribution in [0.15, 0.2) is 83.5 Å². The molecule has 0 saturated carbocycles. The summed E-state index contributed by atoms with van der Waals surface area (Å²) in [6, 6.07) is 18.9. The first-order valence-electron chi connectivity index (χ1n) is 9.10. The summed E-state index contributed by atoms with van der Waals surface area (Å²) < 4.78 is 1.94. The lowest BCUT2D eigenvalue weighted by atomic mass is 10.1. The third-order valence-corrected chi connectivity index (χ3v) is 5.66. The van der Waals surface area contributed by atoms with E-state index in [2.05, 4.69) is 6.58 Å². The van der Waals surface area contributed by atoms with Crippen LogP contribution >= 0.6 is 11.3 Å². The van der Waals surface area contributed by atoms with Gasteiger partial charge in [0.15, 0.2) is 5.43 Å². The molecular weight excluding hydrogens is 368 g/mol. The van der Waals surface area contributed by atoms with Crippen molar-refractivity contribution < 1.29 is 4.79 Å². The molecule has 0 spiro atoms. The van der Waals surface area contributed by atoms with E-state index in [4.69, 9.17) is 0 Å². The number of hydrogen-bond donors (Lipinski definition) is 0. The first-order chi connectivity index (χ1) is 13.7. The lowest BCUT2D eigenvalue weighted by Gasteiger charge is -2.23. The number of hydrogen-bond acceptors (Lipinski definition) is 3. The number of benzene rings is 2. The average molecular weight is 388 g/mol. The van der Waals surface area contributed by atoms with Gasteiger partial charge in [0.05, 0.1) is 17.6 Å². The quantitative estimate of drug-likeness (QED) is 0.362. The Morgan fingerprint density at radius 1 is 1.00 bits per heavy atom. The summed E-state index contributed by atoms with van der Waals surface area (Å²) in [4.78, 5) is 29.0. The van der Waals surface area contributed by atoms with Crippen molar-refractivity contribution in [2.45, 2.75) is 13.1 Å². The first-order valence-corrected chi connectivity index (χ1v) is 9.98. The van der Waals surface area contributed by atoms with Gasteiger partial charge in [-0.2, -0.15) is 0 Å². The fourth-order valence-corrected chi connectivity index (χ4v) is 4.20. The molecule has 0 aliphatic carbocycles. The van der Waals surface area contributed by atoms with E-state index in [0.717, 1.165) is 15.9 Å². The van der Waals surface area contributed by atoms with Crippen molar-refractivity contribution in [1.82, 2.24) is 9.47 Å². The second-order valence-electron chi connectivity index (χ2n) is 6.59. The summed E-state index contributed by atoms with van der Waals surface area (Å²) in [5.74, 6) is -0.00717. The van der Waals surface area contributed by atoms with E-state index in [1.807, 2.05) is 70.6 Å². The number of aromatic nitrogens is 1. The molecule has 2 heterocycles. The van der Waals surface area contributed by atoms with Gasteiger partial charge in [0, 0.05) is 22.2 Å². The molecule has 0 N–H and O–H groups in total. The molecule has 1 amide bonds. The first kappa shape index (κ1) is 18.2. The zero-order valence-corrected chi connectivity index (χ0v) is 16.2. The van der Waals surface area contributed by atoms with E-state index in [1.54, 1.807) is 22.3 Å². The summed E-state index contributed by atoms with van der Waals surface area (Å²) in [5.41, 5.74) is 1.54. The Morgan fingerprint density at radius 2 is 1.64 bits per heavy atom. The van der Waals surface area contributed by atoms with Crippen LogP contribution in [0.2, 0.25) is 0 Å². The molecule has 2 aromatic heterocycles. The van der Waals surface area contributed by atoms with Gasteiger partial charge in [0.2, 0.25) is 5.91 Å². The number of para-hydroxylation sites is 2. The Bertz CT molecular complexity index is 1150. The van der Waals surface area contributed by atoms with E-state index in [1.165, 1.54) is 0 Å². The third-order valence-electron chi connectivity index (χ3n) is 4.80. The smallest absolute Gasteiger partial charge is 0.243 e. The highest BCUT2D eigenvalue weighted by atomic mass is 32.1. The minimum absolute atomic E-state index is 0.00330. The van der Waals surface area contributed by atoms with Gasteiger partial charge >= 0.3 is 0 Å². The summed E-state index contributed by atoms with van der Waals surface area (Å²) in [7, 11) is 0. The van der Waals surface area contributed by atoms with Crippen molar-refractivity contribution in [1.29, 1.82) is 0 Å². The highest BCUT2D eigenvalue weighted by Gasteiger charge is 2.17. The van der Waals surface area contributed by atoms with Gasteiger partial charge in [0.25, 0.3) is 0 Å². The molecular formula is C23H20N2O2S. The molecule has 2 aromatic carbocycles. The molecule has 0 aliphatic heterocycles. The van der Waals surface area contributed by atoms with Crippen LogP contribution in [-0.4, -0.2) is 21.9 Å². The summed E-state index contributed by atoms with van der Waals surface area (Å²) in [5, 5.41) is 3.26. The number of thiophene rings is 1. The molecule has 0 radical (unpaired) electrons. The van der Waals surface area contributed by atoms with Gasteiger partial charge in [-0.05, 0) is 35.7 Å². The lowest BCUT2D eigenvalue weighted by Crippen LogP contribution is -2.33. The van der Waals surface area contributed by atoms with Gasteiger partial charge < -0.3 is 9.47 Å². The maximum atomic E-state index is 13.2. The summed E-state index contributed by atoms with van der Waals surface area (Å²) in [6.45, 7) is 4.99. The Hall–Kier alpha value is -3.18. The maximum absolute atomic E-state index is 13.2. The Balaban J connectivity index is 1.79. The second kappa shape index (κ2) is 7.82. The normalized spacial score (nSPS) is 11.0. The molecule has 0 saturated heterocycles. The highest BCUT2D eigenvalue weighted by molar-refractivity contribution is 7.09. The minimum Gasteiger partial charge on any atom is -0.332 e. The van der Waals surface area contributed by atoms with Gasteiger partial charge in [-0.25, -0.2) is 0 Å². The lowest BCUT2D eigenvalue weighted by molar-refractivity contribution is -0.131. The number of rotatable bonds is 6. The number of fused-ring (bicyclic) bond motifs is 2. The minimum atomic E-state index is -0.00717. The third kappa shape index (κ3) is 3.37. The summed E-state index contributed by atoms with van der Waals surface area (Å²) >= 11 is 1.63. The van der Waals surface area contributed by atoms with Gasteiger partial charge in [0.1, 0.15) is 6.54 Å². The predicted octanol–water partition coefficient (Wildman–Crippen LogP) is 4.43. The van der Waals surface area contributed by atoms with Crippen LogP contribution in [0.5, 0.6) is 0 Å². The van der Waals surface area contributed by atoms with Crippen molar-refractivity contribution in [3.8, 4) is 0 Å². The predicted molar refractivity (Wildman–Crippen MR) is 116 cm³/mol. The Labute approximate surface area is 167 Å². The van der Waals surface area contributed by atoms with E-state index >= 15 is 0 Å². The van der Waals surface area contributed by atoms with Crippen molar-refractivity contribution >= 4 is 39.0 Å². The fourth-order valence-electron chi connectivity index (χ4n) is 3.48. The average Bonchev–Trinajstić information content (AvgIpc) is 3.24. The second-order valence-corrected chi connectivity index (χ2v) is 7.62. The standard InChI is InChI=1S/C23H20N2O2S/c1-2-13-24(15-17-8-7-14-28-17)22(26)16-25-20-11-5-3-9-18(20)23(27)19-10-4-6-12-21(19)25/h2-12,14H,1,13,15-16H2. The van der Waals surface area contributed by atoms with E-state index in [0.29, 0.717) is 23.9 Å². The molecule has 0 fully saturated rings. The van der Waals surface area contributed by atoms with Gasteiger partial charge in [-0.15, -0.1) is 17.9 Å². The topological polar surface area (TPSA) is 42.3 Å². The van der Waals surface area contributed by atoms with Gasteiger partial charge in [-0.3, -0.25) is 9.59 Å². The van der Waals surface area contributed by atoms with Crippen molar-refractivity contribution in [3.63, 3.8) is 0 Å². The highest BCUT2D eigenvalue weighted by Crippen LogP contribution is 2.20. The molecule has 0 aliphatic rings. The monoisotopic (exact) mass is 388 g/mol. The van der Waals surface area contributed by atoms with Crippen molar-refractivity contribution in [2.24, 2.45) is 0 Å². The molecule has 28 heavy (non-hydrogen) atoms. The van der Waals surface area contributed by atoms with E-state index in [9.17, 15) is 9.59 Å². The summed E-state index contributed by atoms with van der Waals surface area (Å²) in [6.07, 6.45) is 1.74.